The molecular formula is C23H28N4OS. The van der Waals surface area contributed by atoms with Gasteiger partial charge < -0.3 is 0 Å². The Hall–Kier alpha value is -2.31. The summed E-state index contributed by atoms with van der Waals surface area (Å²) >= 11 is 4.75. The molecule has 1 aliphatic heterocycles. The highest BCUT2D eigenvalue weighted by Gasteiger charge is 2.19. The molecule has 1 aliphatic rings. The number of aromatic nitrogens is 3. The summed E-state index contributed by atoms with van der Waals surface area (Å²) in [6.45, 7) is 7.28. The molecule has 1 saturated heterocycles. The monoisotopic (exact) mass is 408 g/mol. The Bertz CT molecular complexity index is 1090. The van der Waals surface area contributed by atoms with Crippen LogP contribution >= 0.6 is 12.6 Å². The third-order valence-corrected chi connectivity index (χ3v) is 6.09. The molecule has 5 nitrogen and oxygen atoms in total. The van der Waals surface area contributed by atoms with Crippen molar-refractivity contribution in [2.45, 2.75) is 33.1 Å². The number of thiol groups is 1. The molecule has 29 heavy (non-hydrogen) atoms. The molecule has 6 heteroatoms. The first-order chi connectivity index (χ1) is 14.0. The number of rotatable bonds is 5. The number of hydrogen-bond donors (Lipinski definition) is 1. The molecule has 0 aliphatic carbocycles. The highest BCUT2D eigenvalue weighted by atomic mass is 32.1. The lowest BCUT2D eigenvalue weighted by molar-refractivity contribution is 0.250. The summed E-state index contributed by atoms with van der Waals surface area (Å²) in [5, 5.41) is 5.80. The third kappa shape index (κ3) is 3.91. The van der Waals surface area contributed by atoms with Crippen LogP contribution in [0.5, 0.6) is 0 Å². The van der Waals surface area contributed by atoms with E-state index >= 15 is 0 Å². The van der Waals surface area contributed by atoms with E-state index in [-0.39, 0.29) is 0 Å². The third-order valence-electron chi connectivity index (χ3n) is 5.82. The predicted molar refractivity (Wildman–Crippen MR) is 123 cm³/mol. The zero-order valence-corrected chi connectivity index (χ0v) is 18.2. The van der Waals surface area contributed by atoms with Gasteiger partial charge in [-0.2, -0.15) is 5.10 Å². The minimum absolute atomic E-state index is 0.824. The quantitative estimate of drug-likeness (QED) is 0.501. The smallest absolute Gasteiger partial charge is 0.218 e. The minimum Gasteiger partial charge on any atom is -0.299 e. The maximum absolute atomic E-state index is 11.9. The fourth-order valence-corrected chi connectivity index (χ4v) is 4.61. The molecule has 0 unspecified atom stereocenters. The lowest BCUT2D eigenvalue weighted by Crippen LogP contribution is -2.30. The molecule has 0 N–H and O–H groups in total. The number of nitrogens with zero attached hydrogens (tertiary/aromatic N) is 4. The summed E-state index contributed by atoms with van der Waals surface area (Å²) in [5.41, 5.74) is 5.82. The molecule has 3 heterocycles. The summed E-state index contributed by atoms with van der Waals surface area (Å²) in [6, 6.07) is 8.17. The Labute approximate surface area is 177 Å². The average molecular weight is 409 g/mol. The minimum atomic E-state index is 0.824. The van der Waals surface area contributed by atoms with Crippen molar-refractivity contribution in [3.05, 3.63) is 46.0 Å². The summed E-state index contributed by atoms with van der Waals surface area (Å²) in [7, 11) is 1.95. The number of likely N-dealkylation sites (tertiary alicyclic amines) is 1. The van der Waals surface area contributed by atoms with Crippen molar-refractivity contribution < 1.29 is 4.79 Å². The highest BCUT2D eigenvalue weighted by molar-refractivity contribution is 7.84. The molecule has 0 spiro atoms. The zero-order valence-electron chi connectivity index (χ0n) is 17.4. The Morgan fingerprint density at radius 3 is 2.66 bits per heavy atom. The van der Waals surface area contributed by atoms with Gasteiger partial charge >= 0.3 is 0 Å². The summed E-state index contributed by atoms with van der Waals surface area (Å²) in [6.07, 6.45) is 6.85. The van der Waals surface area contributed by atoms with Gasteiger partial charge in [-0.15, -0.1) is 12.6 Å². The van der Waals surface area contributed by atoms with Crippen LogP contribution in [0.25, 0.3) is 28.4 Å². The topological polar surface area (TPSA) is 43.1 Å². The summed E-state index contributed by atoms with van der Waals surface area (Å²) in [5.74, 6) is 0. The van der Waals surface area contributed by atoms with E-state index in [1.54, 1.807) is 4.57 Å². The number of carbonyl (C=O) groups excluding carboxylic acids is 1. The lowest BCUT2D eigenvalue weighted by atomic mass is 10.1. The highest BCUT2D eigenvalue weighted by Crippen LogP contribution is 2.31. The Kier molecular flexibility index (Phi) is 5.65. The normalized spacial score (nSPS) is 15.9. The van der Waals surface area contributed by atoms with Gasteiger partial charge in [0, 0.05) is 24.5 Å². The van der Waals surface area contributed by atoms with Crippen LogP contribution in [-0.4, -0.2) is 45.3 Å². The van der Waals surface area contributed by atoms with Gasteiger partial charge in [-0.05, 0) is 69.0 Å². The van der Waals surface area contributed by atoms with Crippen LogP contribution < -0.4 is 0 Å². The van der Waals surface area contributed by atoms with Gasteiger partial charge in [0.1, 0.15) is 5.69 Å². The number of hydrogen-bond acceptors (Lipinski definition) is 4. The van der Waals surface area contributed by atoms with Gasteiger partial charge in [-0.3, -0.25) is 18.9 Å². The first-order valence-electron chi connectivity index (χ1n) is 10.2. The number of piperidine rings is 1. The standard InChI is InChI=1S/C23H28N4OS/c1-16-7-8-20-18(11-16)12-22(27(20)15-28)23-17(2)21(25(3)24-23)13-19(29)14-26-9-5-4-6-10-26/h7-8,11-13,15,29H,4-6,9-10,14H2,1-3H3/b19-13-. The first-order valence-corrected chi connectivity index (χ1v) is 10.7. The van der Waals surface area contributed by atoms with E-state index in [4.69, 9.17) is 17.7 Å². The molecule has 3 aromatic rings. The molecule has 2 aromatic heterocycles. The molecule has 0 atom stereocenters. The predicted octanol–water partition coefficient (Wildman–Crippen LogP) is 4.45. The average Bonchev–Trinajstić information content (AvgIpc) is 3.19. The number of carbonyl (C=O) groups is 1. The summed E-state index contributed by atoms with van der Waals surface area (Å²) in [4.78, 5) is 15.4. The van der Waals surface area contributed by atoms with Gasteiger partial charge in [0.05, 0.1) is 16.9 Å². The van der Waals surface area contributed by atoms with E-state index in [0.29, 0.717) is 0 Å². The Morgan fingerprint density at radius 1 is 1.17 bits per heavy atom. The molecule has 152 valence electrons. The van der Waals surface area contributed by atoms with Gasteiger partial charge in [0.25, 0.3) is 0 Å². The van der Waals surface area contributed by atoms with E-state index in [0.717, 1.165) is 64.5 Å². The second kappa shape index (κ2) is 8.20. The molecule has 1 fully saturated rings. The van der Waals surface area contributed by atoms with E-state index in [9.17, 15) is 4.79 Å². The number of benzene rings is 1. The molecular weight excluding hydrogens is 380 g/mol. The lowest BCUT2D eigenvalue weighted by Gasteiger charge is -2.26. The van der Waals surface area contributed by atoms with Crippen LogP contribution in [0.4, 0.5) is 0 Å². The van der Waals surface area contributed by atoms with Gasteiger partial charge in [0.2, 0.25) is 6.41 Å². The van der Waals surface area contributed by atoms with Crippen molar-refractivity contribution in [3.8, 4) is 11.4 Å². The SMILES string of the molecule is Cc1ccc2c(c1)cc(-c1nn(C)c(/C=C(\S)CN3CCCCC3)c1C)n2C=O. The van der Waals surface area contributed by atoms with Crippen molar-refractivity contribution in [1.29, 1.82) is 0 Å². The molecule has 0 saturated carbocycles. The van der Waals surface area contributed by atoms with Crippen LogP contribution in [0.1, 0.15) is 36.1 Å². The number of fused-ring (bicyclic) bond motifs is 1. The van der Waals surface area contributed by atoms with E-state index < -0.39 is 0 Å². The van der Waals surface area contributed by atoms with Crippen molar-refractivity contribution in [2.75, 3.05) is 19.6 Å². The van der Waals surface area contributed by atoms with Crippen molar-refractivity contribution in [3.63, 3.8) is 0 Å². The second-order valence-corrected chi connectivity index (χ2v) is 8.60. The molecule has 0 amide bonds. The number of aryl methyl sites for hydroxylation is 2. The van der Waals surface area contributed by atoms with E-state index in [1.165, 1.54) is 24.8 Å². The van der Waals surface area contributed by atoms with Crippen LogP contribution in [0.2, 0.25) is 0 Å². The largest absolute Gasteiger partial charge is 0.299 e. The van der Waals surface area contributed by atoms with Crippen LogP contribution in [0.15, 0.2) is 29.2 Å². The van der Waals surface area contributed by atoms with Gasteiger partial charge in [-0.25, -0.2) is 0 Å². The second-order valence-electron chi connectivity index (χ2n) is 8.02. The van der Waals surface area contributed by atoms with Gasteiger partial charge in [-0.1, -0.05) is 18.1 Å². The first kappa shape index (κ1) is 20.0. The van der Waals surface area contributed by atoms with Crippen LogP contribution in [0.3, 0.4) is 0 Å². The summed E-state index contributed by atoms with van der Waals surface area (Å²) < 4.78 is 3.57. The molecule has 4 rings (SSSR count). The maximum atomic E-state index is 11.9. The fourth-order valence-electron chi connectivity index (χ4n) is 4.29. The molecule has 1 aromatic carbocycles. The Morgan fingerprint density at radius 2 is 1.93 bits per heavy atom. The van der Waals surface area contributed by atoms with E-state index in [1.807, 2.05) is 23.9 Å². The molecule has 0 bridgehead atoms. The van der Waals surface area contributed by atoms with Gasteiger partial charge in [0.15, 0.2) is 0 Å². The van der Waals surface area contributed by atoms with Crippen LogP contribution in [0, 0.1) is 13.8 Å². The van der Waals surface area contributed by atoms with Crippen molar-refractivity contribution >= 4 is 36.0 Å². The van der Waals surface area contributed by atoms with Crippen LogP contribution in [-0.2, 0) is 11.8 Å². The fraction of sp³-hybridized carbons (Fsp3) is 0.391. The maximum Gasteiger partial charge on any atom is 0.218 e. The Balaban J connectivity index is 1.71. The van der Waals surface area contributed by atoms with Crippen molar-refractivity contribution in [2.24, 2.45) is 7.05 Å². The van der Waals surface area contributed by atoms with Crippen molar-refractivity contribution in [1.82, 2.24) is 19.2 Å². The zero-order chi connectivity index (χ0) is 20.5. The van der Waals surface area contributed by atoms with E-state index in [2.05, 4.69) is 37.0 Å². The molecule has 0 radical (unpaired) electrons.